The number of amides is 1. The Bertz CT molecular complexity index is 655. The normalized spacial score (nSPS) is 15.4. The molecule has 2 N–H and O–H groups in total. The molecule has 1 amide bonds. The molecule has 0 saturated heterocycles. The van der Waals surface area contributed by atoms with Gasteiger partial charge in [0.1, 0.15) is 11.6 Å². The van der Waals surface area contributed by atoms with Crippen molar-refractivity contribution in [1.82, 2.24) is 10.6 Å². The summed E-state index contributed by atoms with van der Waals surface area (Å²) in [4.78, 5) is 12.0. The maximum Gasteiger partial charge on any atom is 0.263 e. The van der Waals surface area contributed by atoms with Crippen LogP contribution in [-0.4, -0.2) is 11.9 Å². The molecule has 0 fully saturated rings. The van der Waals surface area contributed by atoms with Gasteiger partial charge >= 0.3 is 0 Å². The fourth-order valence-electron chi connectivity index (χ4n) is 3.09. The number of rotatable bonds is 6. The highest BCUT2D eigenvalue weighted by Gasteiger charge is 2.15. The molecule has 0 bridgehead atoms. The van der Waals surface area contributed by atoms with Crippen LogP contribution in [0, 0.1) is 11.3 Å². The zero-order chi connectivity index (χ0) is 17.5. The van der Waals surface area contributed by atoms with E-state index in [0.717, 1.165) is 12.8 Å². The van der Waals surface area contributed by atoms with Gasteiger partial charge < -0.3 is 10.6 Å². The first-order chi connectivity index (χ1) is 11.5. The van der Waals surface area contributed by atoms with Gasteiger partial charge in [0.05, 0.1) is 6.04 Å². The van der Waals surface area contributed by atoms with Crippen LogP contribution in [0.1, 0.15) is 62.8 Å². The van der Waals surface area contributed by atoms with Crippen LogP contribution < -0.4 is 10.6 Å². The molecule has 128 valence electrons. The van der Waals surface area contributed by atoms with Crippen LogP contribution in [0.25, 0.3) is 0 Å². The number of nitrogens with one attached hydrogen (secondary N) is 2. The van der Waals surface area contributed by atoms with E-state index in [2.05, 4.69) is 35.8 Å². The second-order valence-corrected chi connectivity index (χ2v) is 6.66. The maximum atomic E-state index is 12.0. The Morgan fingerprint density at radius 3 is 2.62 bits per heavy atom. The predicted molar refractivity (Wildman–Crippen MR) is 96.2 cm³/mol. The second kappa shape index (κ2) is 8.54. The molecule has 1 unspecified atom stereocenters. The molecule has 0 spiro atoms. The number of nitrogens with zero attached hydrogens (tertiary/aromatic N) is 1. The van der Waals surface area contributed by atoms with Gasteiger partial charge in [-0.1, -0.05) is 25.1 Å². The smallest absolute Gasteiger partial charge is 0.263 e. The average Bonchev–Trinajstić information content (AvgIpc) is 2.57. The Hall–Kier alpha value is -2.28. The summed E-state index contributed by atoms with van der Waals surface area (Å²) in [5, 5.41) is 15.2. The molecule has 1 aromatic rings. The summed E-state index contributed by atoms with van der Waals surface area (Å²) in [7, 11) is 0. The van der Waals surface area contributed by atoms with Gasteiger partial charge in [-0.3, -0.25) is 4.79 Å². The van der Waals surface area contributed by atoms with Gasteiger partial charge in [0.15, 0.2) is 0 Å². The summed E-state index contributed by atoms with van der Waals surface area (Å²) < 4.78 is 0. The molecule has 1 atom stereocenters. The molecule has 0 heterocycles. The molecule has 4 heteroatoms. The summed E-state index contributed by atoms with van der Waals surface area (Å²) >= 11 is 0. The van der Waals surface area contributed by atoms with Crippen molar-refractivity contribution in [2.24, 2.45) is 0 Å². The molecule has 0 aliphatic heterocycles. The zero-order valence-electron chi connectivity index (χ0n) is 14.9. The minimum atomic E-state index is -0.333. The number of nitriles is 1. The van der Waals surface area contributed by atoms with Crippen LogP contribution in [0.4, 0.5) is 0 Å². The first-order valence-corrected chi connectivity index (χ1v) is 8.84. The van der Waals surface area contributed by atoms with E-state index in [-0.39, 0.29) is 23.6 Å². The van der Waals surface area contributed by atoms with E-state index in [0.29, 0.717) is 0 Å². The Labute approximate surface area is 144 Å². The summed E-state index contributed by atoms with van der Waals surface area (Å²) in [6, 6.07) is 8.77. The minimum Gasteiger partial charge on any atom is -0.383 e. The van der Waals surface area contributed by atoms with Crippen LogP contribution in [0.3, 0.4) is 0 Å². The SMILES string of the molecule is CCC(N/C=C(/C#N)C(=O)NC(C)C)c1ccc2c(c1)CCCC2. The molecule has 2 rings (SSSR count). The second-order valence-electron chi connectivity index (χ2n) is 6.66. The number of carbonyl (C=O) groups is 1. The lowest BCUT2D eigenvalue weighted by Crippen LogP contribution is -2.31. The largest absolute Gasteiger partial charge is 0.383 e. The lowest BCUT2D eigenvalue weighted by Gasteiger charge is -2.21. The molecular weight excluding hydrogens is 298 g/mol. The highest BCUT2D eigenvalue weighted by atomic mass is 16.1. The first kappa shape index (κ1) is 18.1. The van der Waals surface area contributed by atoms with E-state index in [1.54, 1.807) is 6.20 Å². The van der Waals surface area contributed by atoms with Crippen LogP contribution >= 0.6 is 0 Å². The Kier molecular flexibility index (Phi) is 6.43. The Balaban J connectivity index is 2.12. The van der Waals surface area contributed by atoms with Gasteiger partial charge in [-0.05, 0) is 62.6 Å². The Morgan fingerprint density at radius 2 is 2.00 bits per heavy atom. The fraction of sp³-hybridized carbons (Fsp3) is 0.500. The van der Waals surface area contributed by atoms with Gasteiger partial charge in [-0.2, -0.15) is 5.26 Å². The third-order valence-electron chi connectivity index (χ3n) is 4.40. The van der Waals surface area contributed by atoms with E-state index >= 15 is 0 Å². The number of hydrogen-bond donors (Lipinski definition) is 2. The molecule has 0 saturated carbocycles. The molecule has 24 heavy (non-hydrogen) atoms. The molecule has 4 nitrogen and oxygen atoms in total. The topological polar surface area (TPSA) is 64.9 Å². The van der Waals surface area contributed by atoms with Gasteiger partial charge in [-0.25, -0.2) is 0 Å². The van der Waals surface area contributed by atoms with Crippen molar-refractivity contribution in [2.45, 2.75) is 65.0 Å². The minimum absolute atomic E-state index is 0.0110. The van der Waals surface area contributed by atoms with E-state index in [1.807, 2.05) is 19.9 Å². The number of benzene rings is 1. The monoisotopic (exact) mass is 325 g/mol. The first-order valence-electron chi connectivity index (χ1n) is 8.84. The molecule has 1 aliphatic carbocycles. The molecule has 0 radical (unpaired) electrons. The lowest BCUT2D eigenvalue weighted by molar-refractivity contribution is -0.117. The number of aryl methyl sites for hydroxylation is 2. The van der Waals surface area contributed by atoms with Crippen molar-refractivity contribution < 1.29 is 4.79 Å². The van der Waals surface area contributed by atoms with Crippen molar-refractivity contribution >= 4 is 5.91 Å². The van der Waals surface area contributed by atoms with Gasteiger partial charge in [0.25, 0.3) is 5.91 Å². The third-order valence-corrected chi connectivity index (χ3v) is 4.40. The van der Waals surface area contributed by atoms with E-state index < -0.39 is 0 Å². The number of carbonyl (C=O) groups excluding carboxylic acids is 1. The van der Waals surface area contributed by atoms with Gasteiger partial charge in [-0.15, -0.1) is 0 Å². The van der Waals surface area contributed by atoms with E-state index in [1.165, 1.54) is 36.0 Å². The zero-order valence-corrected chi connectivity index (χ0v) is 14.9. The lowest BCUT2D eigenvalue weighted by atomic mass is 9.89. The van der Waals surface area contributed by atoms with Crippen molar-refractivity contribution in [3.05, 3.63) is 46.7 Å². The van der Waals surface area contributed by atoms with Crippen molar-refractivity contribution in [2.75, 3.05) is 0 Å². The van der Waals surface area contributed by atoms with Crippen LogP contribution in [0.2, 0.25) is 0 Å². The highest BCUT2D eigenvalue weighted by molar-refractivity contribution is 5.97. The van der Waals surface area contributed by atoms with Crippen molar-refractivity contribution in [3.8, 4) is 6.07 Å². The van der Waals surface area contributed by atoms with Crippen LogP contribution in [0.5, 0.6) is 0 Å². The van der Waals surface area contributed by atoms with Crippen LogP contribution in [-0.2, 0) is 17.6 Å². The summed E-state index contributed by atoms with van der Waals surface area (Å²) in [5.41, 5.74) is 4.24. The predicted octanol–water partition coefficient (Wildman–Crippen LogP) is 3.54. The summed E-state index contributed by atoms with van der Waals surface area (Å²) in [5.74, 6) is -0.333. The molecular formula is C20H27N3O. The van der Waals surface area contributed by atoms with E-state index in [9.17, 15) is 10.1 Å². The summed E-state index contributed by atoms with van der Waals surface area (Å²) in [6.07, 6.45) is 7.30. The fourth-order valence-corrected chi connectivity index (χ4v) is 3.09. The highest BCUT2D eigenvalue weighted by Crippen LogP contribution is 2.26. The van der Waals surface area contributed by atoms with Crippen molar-refractivity contribution in [1.29, 1.82) is 5.26 Å². The maximum absolute atomic E-state index is 12.0. The van der Waals surface area contributed by atoms with Gasteiger partial charge in [0, 0.05) is 12.2 Å². The third kappa shape index (κ3) is 4.61. The number of fused-ring (bicyclic) bond motifs is 1. The van der Waals surface area contributed by atoms with Gasteiger partial charge in [0.2, 0.25) is 0 Å². The van der Waals surface area contributed by atoms with E-state index in [4.69, 9.17) is 0 Å². The number of hydrogen-bond acceptors (Lipinski definition) is 3. The standard InChI is InChI=1S/C20H27N3O/c1-4-19(22-13-18(12-21)20(24)23-14(2)3)17-10-9-15-7-5-6-8-16(15)11-17/h9-11,13-14,19,22H,4-8H2,1-3H3,(H,23,24)/b18-13-. The average molecular weight is 325 g/mol. The summed E-state index contributed by atoms with van der Waals surface area (Å²) in [6.45, 7) is 5.86. The molecule has 1 aliphatic rings. The quantitative estimate of drug-likeness (QED) is 0.621. The van der Waals surface area contributed by atoms with Crippen LogP contribution in [0.15, 0.2) is 30.0 Å². The van der Waals surface area contributed by atoms with Crippen molar-refractivity contribution in [3.63, 3.8) is 0 Å². The Morgan fingerprint density at radius 1 is 1.29 bits per heavy atom. The molecule has 1 aromatic carbocycles. The molecule has 0 aromatic heterocycles.